The number of carbonyl (C=O) groups excluding carboxylic acids is 1. The van der Waals surface area contributed by atoms with Gasteiger partial charge in [-0.05, 0) is 45.4 Å². The second-order valence-electron chi connectivity index (χ2n) is 7.30. The van der Waals surface area contributed by atoms with Crippen molar-refractivity contribution >= 4 is 13.1 Å². The molecule has 0 radical (unpaired) electrons. The molecule has 2 rings (SSSR count). The second-order valence-corrected chi connectivity index (χ2v) is 7.30. The lowest BCUT2D eigenvalue weighted by Gasteiger charge is -2.32. The van der Waals surface area contributed by atoms with Crippen LogP contribution >= 0.6 is 0 Å². The van der Waals surface area contributed by atoms with Gasteiger partial charge in [-0.2, -0.15) is 8.78 Å². The van der Waals surface area contributed by atoms with E-state index in [9.17, 15) is 13.6 Å². The second kappa shape index (κ2) is 8.02. The molecule has 0 amide bonds. The van der Waals surface area contributed by atoms with Gasteiger partial charge in [0.2, 0.25) is 0 Å². The standard InChI is InChI=1S/C18H25BF2O6/c1-17(2)18(3,4)27-19(26-17)12(10-15(22)24-6)11-7-8-13(25-16(20)21)14(9-11)23-5/h7-9,12,16H,10H2,1-6H3. The monoisotopic (exact) mass is 386 g/mol. The van der Waals surface area contributed by atoms with Gasteiger partial charge in [-0.1, -0.05) is 6.07 Å². The number of benzene rings is 1. The van der Waals surface area contributed by atoms with E-state index in [1.54, 1.807) is 6.07 Å². The number of halogens is 2. The van der Waals surface area contributed by atoms with Gasteiger partial charge in [-0.15, -0.1) is 0 Å². The van der Waals surface area contributed by atoms with Crippen LogP contribution in [0.2, 0.25) is 0 Å². The lowest BCUT2D eigenvalue weighted by molar-refractivity contribution is -0.140. The molecule has 6 nitrogen and oxygen atoms in total. The van der Waals surface area contributed by atoms with Gasteiger partial charge in [0.1, 0.15) is 0 Å². The summed E-state index contributed by atoms with van der Waals surface area (Å²) in [5, 5.41) is 0. The normalized spacial score (nSPS) is 19.1. The Bertz CT molecular complexity index is 664. The van der Waals surface area contributed by atoms with E-state index in [-0.39, 0.29) is 17.9 Å². The maximum atomic E-state index is 12.6. The number of carbonyl (C=O) groups is 1. The fourth-order valence-corrected chi connectivity index (χ4v) is 2.80. The van der Waals surface area contributed by atoms with Crippen LogP contribution in [0.25, 0.3) is 0 Å². The van der Waals surface area contributed by atoms with Crippen LogP contribution in [0.1, 0.15) is 45.5 Å². The third-order valence-corrected chi connectivity index (χ3v) is 5.05. The van der Waals surface area contributed by atoms with Crippen LogP contribution in [0.5, 0.6) is 11.5 Å². The molecule has 1 fully saturated rings. The van der Waals surface area contributed by atoms with Crippen molar-refractivity contribution < 1.29 is 37.1 Å². The Kier molecular flexibility index (Phi) is 6.37. The molecule has 1 unspecified atom stereocenters. The summed E-state index contributed by atoms with van der Waals surface area (Å²) in [6.45, 7) is 4.65. The van der Waals surface area contributed by atoms with Crippen molar-refractivity contribution in [1.29, 1.82) is 0 Å². The predicted octanol–water partition coefficient (Wildman–Crippen LogP) is 3.57. The van der Waals surface area contributed by atoms with Gasteiger partial charge in [0.15, 0.2) is 11.5 Å². The molecule has 1 saturated heterocycles. The van der Waals surface area contributed by atoms with Gasteiger partial charge in [0.25, 0.3) is 0 Å². The van der Waals surface area contributed by atoms with Crippen molar-refractivity contribution in [3.8, 4) is 11.5 Å². The molecule has 150 valence electrons. The summed E-state index contributed by atoms with van der Waals surface area (Å²) in [6.07, 6.45) is -0.00840. The third kappa shape index (κ3) is 4.70. The van der Waals surface area contributed by atoms with Crippen molar-refractivity contribution in [1.82, 2.24) is 0 Å². The van der Waals surface area contributed by atoms with E-state index in [2.05, 4.69) is 4.74 Å². The van der Waals surface area contributed by atoms with E-state index < -0.39 is 36.7 Å². The summed E-state index contributed by atoms with van der Waals surface area (Å²) >= 11 is 0. The van der Waals surface area contributed by atoms with Crippen molar-refractivity contribution in [3.05, 3.63) is 23.8 Å². The Balaban J connectivity index is 2.39. The Morgan fingerprint density at radius 3 is 2.19 bits per heavy atom. The molecule has 1 atom stereocenters. The lowest BCUT2D eigenvalue weighted by Crippen LogP contribution is -2.41. The largest absolute Gasteiger partial charge is 0.493 e. The number of hydrogen-bond acceptors (Lipinski definition) is 6. The zero-order valence-corrected chi connectivity index (χ0v) is 16.4. The number of hydrogen-bond donors (Lipinski definition) is 0. The van der Waals surface area contributed by atoms with Crippen molar-refractivity contribution in [2.24, 2.45) is 0 Å². The number of alkyl halides is 2. The molecular formula is C18H25BF2O6. The van der Waals surface area contributed by atoms with E-state index >= 15 is 0 Å². The first kappa shape index (κ1) is 21.4. The zero-order valence-electron chi connectivity index (χ0n) is 16.4. The first-order valence-corrected chi connectivity index (χ1v) is 8.56. The van der Waals surface area contributed by atoms with Crippen LogP contribution < -0.4 is 9.47 Å². The highest BCUT2D eigenvalue weighted by atomic mass is 19.3. The van der Waals surface area contributed by atoms with Gasteiger partial charge < -0.3 is 23.5 Å². The lowest BCUT2D eigenvalue weighted by atomic mass is 9.66. The summed E-state index contributed by atoms with van der Waals surface area (Å²) in [4.78, 5) is 12.0. The highest BCUT2D eigenvalue weighted by Gasteiger charge is 2.54. The maximum Gasteiger partial charge on any atom is 0.466 e. The van der Waals surface area contributed by atoms with Crippen LogP contribution in [-0.2, 0) is 18.8 Å². The van der Waals surface area contributed by atoms with E-state index in [0.717, 1.165) is 0 Å². The summed E-state index contributed by atoms with van der Waals surface area (Å²) < 4.78 is 51.6. The number of rotatable bonds is 7. The van der Waals surface area contributed by atoms with E-state index in [4.69, 9.17) is 18.8 Å². The van der Waals surface area contributed by atoms with Crippen LogP contribution in [-0.4, -0.2) is 45.1 Å². The molecule has 0 spiro atoms. The van der Waals surface area contributed by atoms with Crippen molar-refractivity contribution in [3.63, 3.8) is 0 Å². The highest BCUT2D eigenvalue weighted by molar-refractivity contribution is 6.48. The van der Waals surface area contributed by atoms with E-state index in [1.165, 1.54) is 26.4 Å². The summed E-state index contributed by atoms with van der Waals surface area (Å²) in [5.41, 5.74) is -0.554. The van der Waals surface area contributed by atoms with Crippen molar-refractivity contribution in [2.45, 2.75) is 57.7 Å². The first-order valence-electron chi connectivity index (χ1n) is 8.56. The Labute approximate surface area is 158 Å². The Hall–Kier alpha value is -1.87. The Morgan fingerprint density at radius 1 is 1.11 bits per heavy atom. The predicted molar refractivity (Wildman–Crippen MR) is 95.1 cm³/mol. The number of ether oxygens (including phenoxy) is 3. The van der Waals surface area contributed by atoms with Gasteiger partial charge in [0, 0.05) is 5.82 Å². The molecule has 0 saturated carbocycles. The zero-order chi connectivity index (χ0) is 20.4. The topological polar surface area (TPSA) is 63.2 Å². The smallest absolute Gasteiger partial charge is 0.466 e. The quantitative estimate of drug-likeness (QED) is 0.528. The van der Waals surface area contributed by atoms with Crippen LogP contribution in [0, 0.1) is 0 Å². The van der Waals surface area contributed by atoms with Gasteiger partial charge >= 0.3 is 19.7 Å². The van der Waals surface area contributed by atoms with Gasteiger partial charge in [-0.3, -0.25) is 4.79 Å². The third-order valence-electron chi connectivity index (χ3n) is 5.05. The molecule has 9 heteroatoms. The molecule has 27 heavy (non-hydrogen) atoms. The average Bonchev–Trinajstić information content (AvgIpc) is 2.80. The summed E-state index contributed by atoms with van der Waals surface area (Å²) in [7, 11) is 1.92. The molecule has 0 bridgehead atoms. The minimum Gasteiger partial charge on any atom is -0.493 e. The molecule has 1 heterocycles. The fraction of sp³-hybridized carbons (Fsp3) is 0.611. The minimum absolute atomic E-state index is 0.00840. The molecule has 0 N–H and O–H groups in total. The first-order chi connectivity index (χ1) is 12.5. The SMILES string of the molecule is COC(=O)CC(B1OC(C)(C)C(C)(C)O1)c1ccc(OC(F)F)c(OC)c1. The molecule has 1 aliphatic rings. The minimum atomic E-state index is -2.97. The summed E-state index contributed by atoms with van der Waals surface area (Å²) in [6, 6.07) is 4.49. The molecule has 1 aliphatic heterocycles. The molecule has 0 aromatic heterocycles. The molecular weight excluding hydrogens is 361 g/mol. The fourth-order valence-electron chi connectivity index (χ4n) is 2.80. The Morgan fingerprint density at radius 2 is 1.70 bits per heavy atom. The molecule has 1 aromatic carbocycles. The number of methoxy groups -OCH3 is 2. The molecule has 0 aliphatic carbocycles. The van der Waals surface area contributed by atoms with Crippen LogP contribution in [0.15, 0.2) is 18.2 Å². The highest BCUT2D eigenvalue weighted by Crippen LogP contribution is 2.43. The van der Waals surface area contributed by atoms with E-state index in [1.807, 2.05) is 27.7 Å². The maximum absolute atomic E-state index is 12.6. The van der Waals surface area contributed by atoms with Crippen LogP contribution in [0.3, 0.4) is 0 Å². The van der Waals surface area contributed by atoms with E-state index in [0.29, 0.717) is 5.56 Å². The summed E-state index contributed by atoms with van der Waals surface area (Å²) in [5.74, 6) is -0.934. The van der Waals surface area contributed by atoms with Crippen molar-refractivity contribution in [2.75, 3.05) is 14.2 Å². The average molecular weight is 386 g/mol. The van der Waals surface area contributed by atoms with Crippen LogP contribution in [0.4, 0.5) is 8.78 Å². The molecule has 1 aromatic rings. The number of esters is 1. The van der Waals surface area contributed by atoms with Gasteiger partial charge in [-0.25, -0.2) is 0 Å². The van der Waals surface area contributed by atoms with Gasteiger partial charge in [0.05, 0.1) is 31.8 Å².